The van der Waals surface area contributed by atoms with Gasteiger partial charge in [0.05, 0.1) is 0 Å². The Labute approximate surface area is 112 Å². The van der Waals surface area contributed by atoms with Crippen LogP contribution in [-0.4, -0.2) is 54.1 Å². The molecule has 2 saturated carbocycles. The molecule has 0 aromatic carbocycles. The molecular formula is C15H29N3. The van der Waals surface area contributed by atoms with Crippen LogP contribution in [-0.2, 0) is 0 Å². The number of nitrogens with zero attached hydrogens (tertiary/aromatic N) is 2. The highest BCUT2D eigenvalue weighted by atomic mass is 15.3. The van der Waals surface area contributed by atoms with Crippen LogP contribution in [0.15, 0.2) is 0 Å². The van der Waals surface area contributed by atoms with Crippen molar-refractivity contribution in [2.45, 2.75) is 57.2 Å². The monoisotopic (exact) mass is 251 g/mol. The van der Waals surface area contributed by atoms with Gasteiger partial charge in [0, 0.05) is 37.3 Å². The number of likely N-dealkylation sites (N-methyl/N-ethyl adjacent to an activating group) is 1. The molecule has 2 N–H and O–H groups in total. The van der Waals surface area contributed by atoms with Crippen molar-refractivity contribution in [3.05, 3.63) is 0 Å². The minimum absolute atomic E-state index is 0.354. The minimum Gasteiger partial charge on any atom is -0.329 e. The zero-order valence-electron chi connectivity index (χ0n) is 12.2. The molecule has 1 aliphatic heterocycles. The van der Waals surface area contributed by atoms with Crippen molar-refractivity contribution in [2.24, 2.45) is 17.6 Å². The Balaban J connectivity index is 1.80. The molecule has 1 heterocycles. The third-order valence-electron chi connectivity index (χ3n) is 6.29. The first-order valence-corrected chi connectivity index (χ1v) is 7.74. The molecule has 1 saturated heterocycles. The molecule has 0 spiro atoms. The maximum absolute atomic E-state index is 6.26. The van der Waals surface area contributed by atoms with Gasteiger partial charge in [-0.2, -0.15) is 0 Å². The topological polar surface area (TPSA) is 32.5 Å². The van der Waals surface area contributed by atoms with Crippen molar-refractivity contribution in [1.29, 1.82) is 0 Å². The van der Waals surface area contributed by atoms with Crippen LogP contribution < -0.4 is 5.73 Å². The van der Waals surface area contributed by atoms with Crippen LogP contribution in [0.3, 0.4) is 0 Å². The van der Waals surface area contributed by atoms with E-state index in [1.807, 2.05) is 0 Å². The molecule has 0 aromatic heterocycles. The number of fused-ring (bicyclic) bond motifs is 2. The zero-order valence-corrected chi connectivity index (χ0v) is 12.2. The van der Waals surface area contributed by atoms with Gasteiger partial charge in [-0.3, -0.25) is 9.80 Å². The number of nitrogens with two attached hydrogens (primary N) is 1. The summed E-state index contributed by atoms with van der Waals surface area (Å²) in [5, 5.41) is 0. The average Bonchev–Trinajstić information content (AvgIpc) is 2.95. The predicted octanol–water partition coefficient (Wildman–Crippen LogP) is 1.53. The summed E-state index contributed by atoms with van der Waals surface area (Å²) in [6, 6.07) is 1.33. The van der Waals surface area contributed by atoms with E-state index in [0.717, 1.165) is 18.4 Å². The lowest BCUT2D eigenvalue weighted by Crippen LogP contribution is -2.66. The number of rotatable bonds is 2. The first-order valence-electron chi connectivity index (χ1n) is 7.74. The summed E-state index contributed by atoms with van der Waals surface area (Å²) in [5.41, 5.74) is 6.61. The van der Waals surface area contributed by atoms with Gasteiger partial charge in [0.1, 0.15) is 0 Å². The van der Waals surface area contributed by atoms with Crippen molar-refractivity contribution in [3.63, 3.8) is 0 Å². The van der Waals surface area contributed by atoms with Crippen molar-refractivity contribution >= 4 is 0 Å². The largest absolute Gasteiger partial charge is 0.329 e. The van der Waals surface area contributed by atoms with Crippen LogP contribution in [0.25, 0.3) is 0 Å². The van der Waals surface area contributed by atoms with Crippen LogP contribution in [0.1, 0.15) is 39.5 Å². The normalized spacial score (nSPS) is 50.0. The van der Waals surface area contributed by atoms with Gasteiger partial charge in [0.2, 0.25) is 0 Å². The van der Waals surface area contributed by atoms with E-state index in [1.165, 1.54) is 38.8 Å². The first-order chi connectivity index (χ1) is 8.56. The molecule has 0 radical (unpaired) electrons. The van der Waals surface area contributed by atoms with E-state index in [4.69, 9.17) is 5.73 Å². The molecule has 3 aliphatic rings. The van der Waals surface area contributed by atoms with E-state index in [-0.39, 0.29) is 0 Å². The van der Waals surface area contributed by atoms with Crippen LogP contribution in [0.5, 0.6) is 0 Å². The summed E-state index contributed by atoms with van der Waals surface area (Å²) in [6.45, 7) is 8.01. The minimum atomic E-state index is 0.354. The fourth-order valence-corrected chi connectivity index (χ4v) is 4.95. The number of hydrogen-bond acceptors (Lipinski definition) is 3. The summed E-state index contributed by atoms with van der Waals surface area (Å²) in [4.78, 5) is 5.29. The second-order valence-electron chi connectivity index (χ2n) is 7.16. The van der Waals surface area contributed by atoms with E-state index in [1.54, 1.807) is 0 Å². The molecule has 3 nitrogen and oxygen atoms in total. The van der Waals surface area contributed by atoms with Crippen molar-refractivity contribution < 1.29 is 0 Å². The van der Waals surface area contributed by atoms with Gasteiger partial charge in [-0.15, -0.1) is 0 Å². The SMILES string of the molecule is CC1CN(C2(CN)CC3CCC2C3)CC(C)N1C. The Morgan fingerprint density at radius 2 is 1.83 bits per heavy atom. The number of piperazine rings is 1. The van der Waals surface area contributed by atoms with Crippen molar-refractivity contribution in [3.8, 4) is 0 Å². The molecule has 5 unspecified atom stereocenters. The quantitative estimate of drug-likeness (QED) is 0.808. The van der Waals surface area contributed by atoms with E-state index in [0.29, 0.717) is 17.6 Å². The van der Waals surface area contributed by atoms with E-state index < -0.39 is 0 Å². The van der Waals surface area contributed by atoms with Crippen molar-refractivity contribution in [1.82, 2.24) is 9.80 Å². The molecule has 18 heavy (non-hydrogen) atoms. The fraction of sp³-hybridized carbons (Fsp3) is 1.00. The maximum atomic E-state index is 6.26. The maximum Gasteiger partial charge on any atom is 0.0363 e. The molecule has 5 atom stereocenters. The second-order valence-corrected chi connectivity index (χ2v) is 7.16. The Hall–Kier alpha value is -0.120. The van der Waals surface area contributed by atoms with Gasteiger partial charge in [-0.1, -0.05) is 6.42 Å². The molecule has 2 bridgehead atoms. The Bertz CT molecular complexity index is 307. The van der Waals surface area contributed by atoms with Crippen LogP contribution in [0, 0.1) is 11.8 Å². The van der Waals surface area contributed by atoms with E-state index in [2.05, 4.69) is 30.7 Å². The Kier molecular flexibility index (Phi) is 3.20. The van der Waals surface area contributed by atoms with Gasteiger partial charge >= 0.3 is 0 Å². The van der Waals surface area contributed by atoms with Crippen molar-refractivity contribution in [2.75, 3.05) is 26.7 Å². The molecule has 0 aromatic rings. The fourth-order valence-electron chi connectivity index (χ4n) is 4.95. The van der Waals surface area contributed by atoms with E-state index >= 15 is 0 Å². The third-order valence-corrected chi connectivity index (χ3v) is 6.29. The molecular weight excluding hydrogens is 222 g/mol. The predicted molar refractivity (Wildman–Crippen MR) is 75.5 cm³/mol. The Morgan fingerprint density at radius 1 is 1.17 bits per heavy atom. The summed E-state index contributed by atoms with van der Waals surface area (Å²) in [5.74, 6) is 1.86. The van der Waals surface area contributed by atoms with E-state index in [9.17, 15) is 0 Å². The van der Waals surface area contributed by atoms with Crippen LogP contribution >= 0.6 is 0 Å². The highest BCUT2D eigenvalue weighted by molar-refractivity contribution is 5.09. The molecule has 0 amide bonds. The molecule has 2 aliphatic carbocycles. The molecule has 3 rings (SSSR count). The summed E-state index contributed by atoms with van der Waals surface area (Å²) >= 11 is 0. The van der Waals surface area contributed by atoms with Gasteiger partial charge in [0.15, 0.2) is 0 Å². The summed E-state index contributed by atoms with van der Waals surface area (Å²) in [7, 11) is 2.27. The number of hydrogen-bond donors (Lipinski definition) is 1. The molecule has 3 heteroatoms. The summed E-state index contributed by atoms with van der Waals surface area (Å²) in [6.07, 6.45) is 5.71. The standard InChI is InChI=1S/C15H29N3/c1-11-8-18(9-12(2)17(11)3)15(10-16)7-13-4-5-14(15)6-13/h11-14H,4-10,16H2,1-3H3. The van der Waals surface area contributed by atoms with Crippen LogP contribution in [0.4, 0.5) is 0 Å². The highest BCUT2D eigenvalue weighted by Crippen LogP contribution is 2.53. The van der Waals surface area contributed by atoms with Gasteiger partial charge in [-0.05, 0) is 52.0 Å². The second kappa shape index (κ2) is 4.46. The zero-order chi connectivity index (χ0) is 12.9. The highest BCUT2D eigenvalue weighted by Gasteiger charge is 2.54. The first kappa shape index (κ1) is 12.9. The smallest absolute Gasteiger partial charge is 0.0363 e. The van der Waals surface area contributed by atoms with Gasteiger partial charge in [0.25, 0.3) is 0 Å². The summed E-state index contributed by atoms with van der Waals surface area (Å²) < 4.78 is 0. The Morgan fingerprint density at radius 3 is 2.28 bits per heavy atom. The lowest BCUT2D eigenvalue weighted by atomic mass is 9.78. The van der Waals surface area contributed by atoms with Gasteiger partial charge in [-0.25, -0.2) is 0 Å². The van der Waals surface area contributed by atoms with Crippen LogP contribution in [0.2, 0.25) is 0 Å². The lowest BCUT2D eigenvalue weighted by molar-refractivity contribution is -0.0346. The van der Waals surface area contributed by atoms with Gasteiger partial charge < -0.3 is 5.73 Å². The molecule has 3 fully saturated rings. The molecule has 104 valence electrons. The third kappa shape index (κ3) is 1.75. The average molecular weight is 251 g/mol. The lowest BCUT2D eigenvalue weighted by Gasteiger charge is -2.53.